The molecule has 6 unspecified atom stereocenters. The van der Waals surface area contributed by atoms with Gasteiger partial charge in [0.25, 0.3) is 0 Å². The van der Waals surface area contributed by atoms with Crippen LogP contribution in [-0.4, -0.2) is 77.0 Å². The smallest absolute Gasteiger partial charge is 0.410 e. The predicted octanol–water partition coefficient (Wildman–Crippen LogP) is 11.4. The molecule has 1 aliphatic heterocycles. The molecule has 10 nitrogen and oxygen atoms in total. The number of aliphatic hydroxyl groups excluding tert-OH is 2. The average molecular weight is 877 g/mol. The topological polar surface area (TPSA) is 119 Å². The number of oxime groups is 1. The number of hydrogen-bond donors (Lipinski definition) is 2. The van der Waals surface area contributed by atoms with Gasteiger partial charge in [-0.05, 0) is 136 Å². The van der Waals surface area contributed by atoms with E-state index in [1.807, 2.05) is 70.2 Å². The Balaban J connectivity index is 1.47. The van der Waals surface area contributed by atoms with E-state index in [0.29, 0.717) is 24.3 Å². The van der Waals surface area contributed by atoms with Gasteiger partial charge in [0.2, 0.25) is 5.79 Å². The molecule has 0 radical (unpaired) electrons. The van der Waals surface area contributed by atoms with Crippen LogP contribution in [0.3, 0.4) is 0 Å². The number of carbonyl (C=O) groups is 1. The fourth-order valence-corrected chi connectivity index (χ4v) is 10.2. The van der Waals surface area contributed by atoms with Crippen LogP contribution in [0.2, 0.25) is 0 Å². The normalized spacial score (nSPS) is 23.3. The van der Waals surface area contributed by atoms with Crippen LogP contribution in [-0.2, 0) is 20.9 Å². The Hall–Kier alpha value is -4.81. The first kappa shape index (κ1) is 46.2. The van der Waals surface area contributed by atoms with Crippen LogP contribution in [0.1, 0.15) is 89.7 Å². The number of carbonyl (C=O) groups excluding carboxylic acids is 1. The van der Waals surface area contributed by atoms with Crippen molar-refractivity contribution in [2.24, 2.45) is 22.9 Å². The molecule has 7 rings (SSSR count). The highest BCUT2D eigenvalue weighted by atomic mass is 32.2. The van der Waals surface area contributed by atoms with Gasteiger partial charge in [0.05, 0.1) is 31.4 Å². The van der Waals surface area contributed by atoms with Crippen LogP contribution in [0.15, 0.2) is 119 Å². The number of aliphatic hydroxyl groups is 2. The second-order valence-corrected chi connectivity index (χ2v) is 18.6. The molecule has 0 saturated heterocycles. The van der Waals surface area contributed by atoms with Gasteiger partial charge in [0, 0.05) is 36.0 Å². The molecule has 336 valence electrons. The number of unbranched alkanes of at least 4 members (excludes halogenated alkanes) is 2. The minimum absolute atomic E-state index is 0.0621. The van der Waals surface area contributed by atoms with Crippen LogP contribution in [0, 0.1) is 17.8 Å². The minimum Gasteiger partial charge on any atom is -0.459 e. The summed E-state index contributed by atoms with van der Waals surface area (Å²) in [6, 6.07) is 27.7. The second kappa shape index (κ2) is 20.8. The number of benzene rings is 4. The number of nitrogens with zero attached hydrogens (tertiary/aromatic N) is 2. The maximum absolute atomic E-state index is 14.7. The van der Waals surface area contributed by atoms with E-state index in [-0.39, 0.29) is 57.1 Å². The van der Waals surface area contributed by atoms with Gasteiger partial charge >= 0.3 is 6.09 Å². The fraction of sp³-hybridized carbons (Fsp3) is 0.462. The first-order valence-corrected chi connectivity index (χ1v) is 23.7. The Kier molecular flexibility index (Phi) is 15.2. The summed E-state index contributed by atoms with van der Waals surface area (Å²) >= 11 is 1.68. The van der Waals surface area contributed by atoms with Gasteiger partial charge < -0.3 is 34.0 Å². The summed E-state index contributed by atoms with van der Waals surface area (Å²) in [4.78, 5) is 23.9. The SMILES string of the molecule is C=CCOC12Oc3ccc(Oc4ccc(SC)cc4)cc3C3C(CCCCO)C(CCCCO)C=C(C(=NOC(C)(C)C)CC1N(Cc1cccc4ccccc14)C(=O)OCC)C32. The largest absolute Gasteiger partial charge is 0.459 e. The highest BCUT2D eigenvalue weighted by molar-refractivity contribution is 7.98. The lowest BCUT2D eigenvalue weighted by Crippen LogP contribution is -2.70. The van der Waals surface area contributed by atoms with Gasteiger partial charge in [0.15, 0.2) is 0 Å². The molecular weight excluding hydrogens is 813 g/mol. The van der Waals surface area contributed by atoms with Gasteiger partial charge in [-0.2, -0.15) is 0 Å². The summed E-state index contributed by atoms with van der Waals surface area (Å²) in [7, 11) is 0. The van der Waals surface area contributed by atoms with E-state index in [1.165, 1.54) is 0 Å². The van der Waals surface area contributed by atoms with Crippen molar-refractivity contribution in [2.45, 2.75) is 107 Å². The number of hydrogen-bond acceptors (Lipinski definition) is 10. The summed E-state index contributed by atoms with van der Waals surface area (Å²) in [5.74, 6) is 0.0949. The molecule has 1 saturated carbocycles. The van der Waals surface area contributed by atoms with Crippen molar-refractivity contribution in [3.8, 4) is 17.2 Å². The van der Waals surface area contributed by atoms with Crippen LogP contribution in [0.5, 0.6) is 17.2 Å². The lowest BCUT2D eigenvalue weighted by molar-refractivity contribution is -0.256. The van der Waals surface area contributed by atoms with Crippen LogP contribution in [0.4, 0.5) is 4.79 Å². The number of rotatable bonds is 19. The number of fused-ring (bicyclic) bond motifs is 3. The van der Waals surface area contributed by atoms with Gasteiger partial charge in [-0.1, -0.05) is 72.6 Å². The molecule has 3 aliphatic rings. The molecule has 11 heteroatoms. The molecule has 4 aromatic rings. The third kappa shape index (κ3) is 10.3. The van der Waals surface area contributed by atoms with Crippen molar-refractivity contribution in [1.82, 2.24) is 4.90 Å². The Labute approximate surface area is 377 Å². The summed E-state index contributed by atoms with van der Waals surface area (Å²) in [6.45, 7) is 12.6. The maximum Gasteiger partial charge on any atom is 0.410 e. The number of allylic oxidation sites excluding steroid dienone is 1. The third-order valence-electron chi connectivity index (χ3n) is 12.5. The molecule has 1 fully saturated rings. The van der Waals surface area contributed by atoms with Crippen molar-refractivity contribution in [3.05, 3.63) is 120 Å². The van der Waals surface area contributed by atoms with E-state index < -0.39 is 29.4 Å². The first-order chi connectivity index (χ1) is 30.5. The maximum atomic E-state index is 14.7. The molecule has 0 aromatic heterocycles. The molecule has 1 heterocycles. The van der Waals surface area contributed by atoms with Gasteiger partial charge in [0.1, 0.15) is 28.9 Å². The molecule has 1 amide bonds. The monoisotopic (exact) mass is 876 g/mol. The zero-order chi connectivity index (χ0) is 44.6. The second-order valence-electron chi connectivity index (χ2n) is 17.7. The summed E-state index contributed by atoms with van der Waals surface area (Å²) in [5, 5.41) is 27.1. The lowest BCUT2D eigenvalue weighted by Gasteiger charge is -2.60. The van der Waals surface area contributed by atoms with Crippen LogP contribution in [0.25, 0.3) is 10.8 Å². The summed E-state index contributed by atoms with van der Waals surface area (Å²) in [6.07, 6.45) is 10.6. The summed E-state index contributed by atoms with van der Waals surface area (Å²) < 4.78 is 27.1. The quantitative estimate of drug-likeness (QED) is 0.0411. The molecule has 2 aliphatic carbocycles. The van der Waals surface area contributed by atoms with Crippen molar-refractivity contribution in [2.75, 3.05) is 32.7 Å². The Morgan fingerprint density at radius 2 is 1.70 bits per heavy atom. The molecule has 6 atom stereocenters. The van der Waals surface area contributed by atoms with Crippen LogP contribution < -0.4 is 9.47 Å². The highest BCUT2D eigenvalue weighted by Gasteiger charge is 2.65. The molecule has 0 bridgehead atoms. The van der Waals surface area contributed by atoms with E-state index in [0.717, 1.165) is 69.5 Å². The van der Waals surface area contributed by atoms with Gasteiger partial charge in [-0.3, -0.25) is 4.90 Å². The number of ether oxygens (including phenoxy) is 4. The molecule has 63 heavy (non-hydrogen) atoms. The predicted molar refractivity (Wildman–Crippen MR) is 251 cm³/mol. The first-order valence-electron chi connectivity index (χ1n) is 22.5. The Morgan fingerprint density at radius 1 is 0.968 bits per heavy atom. The number of amides is 1. The van der Waals surface area contributed by atoms with E-state index in [1.54, 1.807) is 22.7 Å². The molecular formula is C52H64N2O8S. The molecule has 2 N–H and O–H groups in total. The van der Waals surface area contributed by atoms with Crippen LogP contribution >= 0.6 is 11.8 Å². The average Bonchev–Trinajstić information content (AvgIpc) is 3.28. The van der Waals surface area contributed by atoms with Gasteiger partial charge in [-0.15, -0.1) is 18.3 Å². The Morgan fingerprint density at radius 3 is 2.41 bits per heavy atom. The van der Waals surface area contributed by atoms with E-state index in [4.69, 9.17) is 28.9 Å². The van der Waals surface area contributed by atoms with Gasteiger partial charge in [-0.25, -0.2) is 4.79 Å². The van der Waals surface area contributed by atoms with E-state index >= 15 is 0 Å². The number of thioether (sulfide) groups is 1. The fourth-order valence-electron chi connectivity index (χ4n) is 9.81. The van der Waals surface area contributed by atoms with Crippen molar-refractivity contribution >= 4 is 34.3 Å². The highest BCUT2D eigenvalue weighted by Crippen LogP contribution is 2.62. The third-order valence-corrected chi connectivity index (χ3v) is 13.2. The zero-order valence-corrected chi connectivity index (χ0v) is 38.3. The summed E-state index contributed by atoms with van der Waals surface area (Å²) in [5.41, 5.74) is 3.04. The van der Waals surface area contributed by atoms with Crippen molar-refractivity contribution < 1.29 is 38.8 Å². The Bertz CT molecular complexity index is 2250. The standard InChI is InChI=1S/C52H64N2O8S/c1-7-30-59-52-47(54(50(57)58-8-2)34-37-19-15-18-35-16-9-10-20-41(35)37)33-45(53-62-51(3,4)5)43-31-36(17-11-13-28-55)42(21-12-14-29-56)48(49(43)52)44-32-39(24-27-46(44)61-52)60-38-22-25-40(63-6)26-23-38/h7,9-10,15-16,18-20,22-27,31-32,36,42,47-49,55-56H,1,8,11-14,17,21,28-30,33-34H2,2-6H3. The van der Waals surface area contributed by atoms with E-state index in [9.17, 15) is 15.0 Å². The minimum atomic E-state index is -1.43. The van der Waals surface area contributed by atoms with Crippen molar-refractivity contribution in [3.63, 3.8) is 0 Å². The lowest BCUT2D eigenvalue weighted by atomic mass is 9.55. The molecule has 0 spiro atoms. The van der Waals surface area contributed by atoms with E-state index in [2.05, 4.69) is 61.4 Å². The van der Waals surface area contributed by atoms with Crippen molar-refractivity contribution in [1.29, 1.82) is 0 Å². The zero-order valence-electron chi connectivity index (χ0n) is 37.5. The molecule has 4 aromatic carbocycles.